The van der Waals surface area contributed by atoms with E-state index in [0.717, 1.165) is 12.3 Å². The second-order valence-electron chi connectivity index (χ2n) is 8.45. The molecule has 9 nitrogen and oxygen atoms in total. The number of hydrogen-bond acceptors (Lipinski definition) is 8. The van der Waals surface area contributed by atoms with E-state index in [1.165, 1.54) is 13.2 Å². The predicted molar refractivity (Wildman–Crippen MR) is 122 cm³/mol. The molecule has 3 N–H and O–H groups in total. The Balaban J connectivity index is 1.98. The average Bonchev–Trinajstić information content (AvgIpc) is 2.77. The van der Waals surface area contributed by atoms with E-state index >= 15 is 0 Å². The van der Waals surface area contributed by atoms with Crippen molar-refractivity contribution in [2.45, 2.75) is 26.9 Å². The molecule has 3 rings (SSSR count). The molecule has 3 heterocycles. The van der Waals surface area contributed by atoms with Gasteiger partial charge in [-0.1, -0.05) is 26.8 Å². The van der Waals surface area contributed by atoms with Gasteiger partial charge in [0.2, 0.25) is 0 Å². The number of anilines is 4. The largest absolute Gasteiger partial charge is 0.453 e. The highest BCUT2D eigenvalue weighted by atomic mass is 19.4. The van der Waals surface area contributed by atoms with Crippen molar-refractivity contribution in [2.75, 3.05) is 29.6 Å². The van der Waals surface area contributed by atoms with Gasteiger partial charge in [-0.15, -0.1) is 0 Å². The van der Waals surface area contributed by atoms with Crippen LogP contribution in [0.3, 0.4) is 0 Å². The highest BCUT2D eigenvalue weighted by molar-refractivity contribution is 5.83. The van der Waals surface area contributed by atoms with Crippen molar-refractivity contribution < 1.29 is 22.7 Å². The minimum absolute atomic E-state index is 0.0615. The summed E-state index contributed by atoms with van der Waals surface area (Å²) in [6.07, 6.45) is -4.20. The Morgan fingerprint density at radius 3 is 2.41 bits per heavy atom. The van der Waals surface area contributed by atoms with Crippen molar-refractivity contribution in [3.63, 3.8) is 0 Å². The Bertz CT molecular complexity index is 1160. The Morgan fingerprint density at radius 1 is 1.00 bits per heavy atom. The number of carbonyl (C=O) groups is 1. The van der Waals surface area contributed by atoms with Crippen molar-refractivity contribution in [2.24, 2.45) is 5.41 Å². The molecule has 0 aliphatic carbocycles. The minimum atomic E-state index is -4.58. The first kappa shape index (κ1) is 24.7. The number of ether oxygens (including phenoxy) is 1. The highest BCUT2D eigenvalue weighted by Gasteiger charge is 2.32. The maximum absolute atomic E-state index is 13.0. The van der Waals surface area contributed by atoms with Crippen molar-refractivity contribution in [3.05, 3.63) is 48.3 Å². The van der Waals surface area contributed by atoms with Gasteiger partial charge in [0.15, 0.2) is 5.82 Å². The molecule has 1 amide bonds. The van der Waals surface area contributed by atoms with Gasteiger partial charge in [0.1, 0.15) is 28.8 Å². The van der Waals surface area contributed by atoms with Crippen molar-refractivity contribution >= 4 is 29.2 Å². The molecule has 0 unspecified atom stereocenters. The van der Waals surface area contributed by atoms with Crippen molar-refractivity contribution in [1.82, 2.24) is 19.9 Å². The SMILES string of the molecule is COC(=O)Nc1cccc(-c2nc(NCC(C)(C)C)cc(Nc3ccnc(C(F)(F)F)c3)n2)n1. The molecule has 180 valence electrons. The van der Waals surface area contributed by atoms with Gasteiger partial charge in [-0.3, -0.25) is 10.3 Å². The zero-order valence-electron chi connectivity index (χ0n) is 19.0. The number of aromatic nitrogens is 4. The van der Waals surface area contributed by atoms with Crippen LogP contribution in [0.25, 0.3) is 11.5 Å². The van der Waals surface area contributed by atoms with E-state index in [4.69, 9.17) is 0 Å². The number of hydrogen-bond donors (Lipinski definition) is 3. The lowest BCUT2D eigenvalue weighted by Gasteiger charge is -2.20. The molecule has 0 aromatic carbocycles. The van der Waals surface area contributed by atoms with Crippen LogP contribution >= 0.6 is 0 Å². The van der Waals surface area contributed by atoms with Crippen LogP contribution < -0.4 is 16.0 Å². The van der Waals surface area contributed by atoms with Crippen LogP contribution in [0.1, 0.15) is 26.5 Å². The van der Waals surface area contributed by atoms with Crippen LogP contribution in [0.15, 0.2) is 42.6 Å². The Kier molecular flexibility index (Phi) is 7.18. The fourth-order valence-electron chi connectivity index (χ4n) is 2.67. The molecule has 12 heteroatoms. The van der Waals surface area contributed by atoms with Crippen LogP contribution in [0.2, 0.25) is 0 Å². The number of carbonyl (C=O) groups excluding carboxylic acids is 1. The molecule has 3 aromatic rings. The fourth-order valence-corrected chi connectivity index (χ4v) is 2.67. The number of halogens is 3. The van der Waals surface area contributed by atoms with Gasteiger partial charge in [0.05, 0.1) is 7.11 Å². The predicted octanol–water partition coefficient (Wildman–Crippen LogP) is 5.33. The molecule has 0 atom stereocenters. The summed E-state index contributed by atoms with van der Waals surface area (Å²) in [6, 6.07) is 8.74. The van der Waals surface area contributed by atoms with E-state index in [1.54, 1.807) is 24.3 Å². The lowest BCUT2D eigenvalue weighted by atomic mass is 9.97. The monoisotopic (exact) mass is 475 g/mol. The van der Waals surface area contributed by atoms with E-state index in [9.17, 15) is 18.0 Å². The van der Waals surface area contributed by atoms with Gasteiger partial charge in [0.25, 0.3) is 0 Å². The lowest BCUT2D eigenvalue weighted by Crippen LogP contribution is -2.20. The molecule has 0 saturated heterocycles. The number of nitrogens with zero attached hydrogens (tertiary/aromatic N) is 4. The first-order valence-corrected chi connectivity index (χ1v) is 10.2. The van der Waals surface area contributed by atoms with Crippen LogP contribution in [-0.2, 0) is 10.9 Å². The summed E-state index contributed by atoms with van der Waals surface area (Å²) < 4.78 is 43.7. The first-order chi connectivity index (χ1) is 15.9. The first-order valence-electron chi connectivity index (χ1n) is 10.2. The Hall–Kier alpha value is -3.96. The molecule has 0 radical (unpaired) electrons. The van der Waals surface area contributed by atoms with Gasteiger partial charge in [0, 0.05) is 24.5 Å². The molecule has 3 aromatic heterocycles. The Labute approximate surface area is 194 Å². The second kappa shape index (κ2) is 9.89. The van der Waals surface area contributed by atoms with Gasteiger partial charge >= 0.3 is 12.3 Å². The minimum Gasteiger partial charge on any atom is -0.453 e. The highest BCUT2D eigenvalue weighted by Crippen LogP contribution is 2.30. The molecule has 0 aliphatic heterocycles. The molecule has 34 heavy (non-hydrogen) atoms. The summed E-state index contributed by atoms with van der Waals surface area (Å²) in [6.45, 7) is 6.70. The summed E-state index contributed by atoms with van der Waals surface area (Å²) in [7, 11) is 1.23. The molecule has 0 bridgehead atoms. The van der Waals surface area contributed by atoms with Crippen molar-refractivity contribution in [1.29, 1.82) is 0 Å². The molecular weight excluding hydrogens is 451 g/mol. The van der Waals surface area contributed by atoms with Gasteiger partial charge in [-0.2, -0.15) is 13.2 Å². The Morgan fingerprint density at radius 2 is 1.74 bits per heavy atom. The molecule has 0 fully saturated rings. The standard InChI is InChI=1S/C22H24F3N7O2/c1-21(2,3)12-27-17-11-18(28-13-8-9-26-15(10-13)22(23,24)25)31-19(30-17)14-6-5-7-16(29-14)32-20(33)34-4/h5-11H,12H2,1-4H3,(H,29,32,33)(H2,26,27,28,30,31). The maximum Gasteiger partial charge on any atom is 0.433 e. The zero-order chi connectivity index (χ0) is 24.9. The van der Waals surface area contributed by atoms with E-state index in [2.05, 4.69) is 40.6 Å². The molecule has 0 saturated carbocycles. The third-order valence-electron chi connectivity index (χ3n) is 4.24. The summed E-state index contributed by atoms with van der Waals surface area (Å²) in [5, 5.41) is 8.55. The summed E-state index contributed by atoms with van der Waals surface area (Å²) in [4.78, 5) is 28.1. The number of amides is 1. The second-order valence-corrected chi connectivity index (χ2v) is 8.45. The van der Waals surface area contributed by atoms with Gasteiger partial charge in [-0.25, -0.2) is 19.7 Å². The molecule has 0 aliphatic rings. The van der Waals surface area contributed by atoms with E-state index in [1.807, 2.05) is 20.8 Å². The molecular formula is C22H24F3N7O2. The van der Waals surface area contributed by atoms with Crippen LogP contribution in [0.5, 0.6) is 0 Å². The maximum atomic E-state index is 13.0. The quantitative estimate of drug-likeness (QED) is 0.438. The third kappa shape index (κ3) is 7.02. The molecule has 0 spiro atoms. The zero-order valence-corrected chi connectivity index (χ0v) is 19.0. The van der Waals surface area contributed by atoms with Crippen molar-refractivity contribution in [3.8, 4) is 11.5 Å². The van der Waals surface area contributed by atoms with Crippen LogP contribution in [0.4, 0.5) is 41.1 Å². The summed E-state index contributed by atoms with van der Waals surface area (Å²) in [5.74, 6) is 1.11. The van der Waals surface area contributed by atoms with Gasteiger partial charge in [-0.05, 0) is 29.7 Å². The lowest BCUT2D eigenvalue weighted by molar-refractivity contribution is -0.141. The third-order valence-corrected chi connectivity index (χ3v) is 4.24. The fraction of sp³-hybridized carbons (Fsp3) is 0.318. The van der Waals surface area contributed by atoms with Crippen LogP contribution in [-0.4, -0.2) is 39.7 Å². The topological polar surface area (TPSA) is 114 Å². The number of methoxy groups -OCH3 is 1. The van der Waals surface area contributed by atoms with E-state index in [0.29, 0.717) is 18.1 Å². The van der Waals surface area contributed by atoms with Gasteiger partial charge < -0.3 is 15.4 Å². The number of nitrogens with one attached hydrogen (secondary N) is 3. The average molecular weight is 475 g/mol. The summed E-state index contributed by atoms with van der Waals surface area (Å²) in [5.41, 5.74) is -0.598. The number of rotatable bonds is 6. The van der Waals surface area contributed by atoms with E-state index in [-0.39, 0.29) is 28.6 Å². The number of alkyl halides is 3. The smallest absolute Gasteiger partial charge is 0.433 e. The number of pyridine rings is 2. The summed E-state index contributed by atoms with van der Waals surface area (Å²) >= 11 is 0. The normalized spacial score (nSPS) is 11.6. The van der Waals surface area contributed by atoms with E-state index < -0.39 is 18.0 Å². The van der Waals surface area contributed by atoms with Crippen LogP contribution in [0, 0.1) is 5.41 Å².